The lowest BCUT2D eigenvalue weighted by Crippen LogP contribution is -2.19. The number of hydrogen-bond donors (Lipinski definition) is 0. The van der Waals surface area contributed by atoms with Crippen LogP contribution in [0.3, 0.4) is 0 Å². The van der Waals surface area contributed by atoms with E-state index in [0.717, 1.165) is 0 Å². The first-order valence-electron chi connectivity index (χ1n) is 4.22. The standard InChI is InChI=1S/C9H13N3OS/c1-9(2,3)14(13)12-7-8-6-10-4-5-11-8/h4-7H,1-3H3/t14-/m1/s1. The fraction of sp³-hybridized carbons (Fsp3) is 0.444. The summed E-state index contributed by atoms with van der Waals surface area (Å²) >= 11 is 0. The van der Waals surface area contributed by atoms with E-state index < -0.39 is 11.0 Å². The number of nitrogens with zero attached hydrogens (tertiary/aromatic N) is 3. The van der Waals surface area contributed by atoms with Gasteiger partial charge in [0.25, 0.3) is 0 Å². The lowest BCUT2D eigenvalue weighted by molar-refractivity contribution is 0.651. The van der Waals surface area contributed by atoms with Crippen molar-refractivity contribution >= 4 is 17.2 Å². The molecule has 1 aromatic rings. The van der Waals surface area contributed by atoms with Gasteiger partial charge >= 0.3 is 0 Å². The Labute approximate surface area is 86.1 Å². The Morgan fingerprint density at radius 2 is 2.14 bits per heavy atom. The maximum Gasteiger partial charge on any atom is 0.144 e. The van der Waals surface area contributed by atoms with Crippen molar-refractivity contribution in [2.24, 2.45) is 4.40 Å². The zero-order valence-electron chi connectivity index (χ0n) is 8.47. The van der Waals surface area contributed by atoms with E-state index in [1.165, 1.54) is 6.21 Å². The van der Waals surface area contributed by atoms with Crippen LogP contribution in [0.25, 0.3) is 0 Å². The lowest BCUT2D eigenvalue weighted by atomic mass is 10.3. The van der Waals surface area contributed by atoms with Gasteiger partial charge in [0.1, 0.15) is 16.7 Å². The van der Waals surface area contributed by atoms with Crippen LogP contribution in [0.2, 0.25) is 0 Å². The van der Waals surface area contributed by atoms with Crippen LogP contribution in [0, 0.1) is 0 Å². The Kier molecular flexibility index (Phi) is 3.46. The van der Waals surface area contributed by atoms with Crippen LogP contribution in [0.1, 0.15) is 26.5 Å². The first-order chi connectivity index (χ1) is 6.50. The van der Waals surface area contributed by atoms with Crippen LogP contribution in [-0.4, -0.2) is 25.1 Å². The predicted molar refractivity (Wildman–Crippen MR) is 57.5 cm³/mol. The summed E-state index contributed by atoms with van der Waals surface area (Å²) in [6, 6.07) is 0. The minimum Gasteiger partial charge on any atom is -0.261 e. The summed E-state index contributed by atoms with van der Waals surface area (Å²) in [6.45, 7) is 5.62. The second-order valence-electron chi connectivity index (χ2n) is 3.73. The third-order valence-electron chi connectivity index (χ3n) is 1.39. The average molecular weight is 211 g/mol. The van der Waals surface area contributed by atoms with Gasteiger partial charge in [0.05, 0.1) is 17.2 Å². The molecule has 1 rings (SSSR count). The summed E-state index contributed by atoms with van der Waals surface area (Å²) in [6.07, 6.45) is 6.21. The second kappa shape index (κ2) is 4.41. The smallest absolute Gasteiger partial charge is 0.144 e. The lowest BCUT2D eigenvalue weighted by Gasteiger charge is -2.12. The van der Waals surface area contributed by atoms with Crippen LogP contribution in [0.15, 0.2) is 23.0 Å². The van der Waals surface area contributed by atoms with Gasteiger partial charge in [0.2, 0.25) is 0 Å². The summed E-state index contributed by atoms with van der Waals surface area (Å²) in [5, 5.41) is 0. The van der Waals surface area contributed by atoms with Crippen molar-refractivity contribution in [3.05, 3.63) is 24.3 Å². The van der Waals surface area contributed by atoms with E-state index in [9.17, 15) is 4.21 Å². The number of aromatic nitrogens is 2. The van der Waals surface area contributed by atoms with Crippen molar-refractivity contribution in [3.63, 3.8) is 0 Å². The summed E-state index contributed by atoms with van der Waals surface area (Å²) in [5.41, 5.74) is 0.616. The molecule has 0 aliphatic carbocycles. The van der Waals surface area contributed by atoms with Crippen molar-refractivity contribution in [1.82, 2.24) is 9.97 Å². The molecule has 0 N–H and O–H groups in total. The quantitative estimate of drug-likeness (QED) is 0.694. The van der Waals surface area contributed by atoms with Gasteiger partial charge in [-0.25, -0.2) is 4.21 Å². The molecule has 0 fully saturated rings. The van der Waals surface area contributed by atoms with Crippen molar-refractivity contribution < 1.29 is 4.21 Å². The van der Waals surface area contributed by atoms with Gasteiger partial charge < -0.3 is 0 Å². The third kappa shape index (κ3) is 3.33. The second-order valence-corrected chi connectivity index (χ2v) is 5.66. The molecular formula is C9H13N3OS. The van der Waals surface area contributed by atoms with Crippen LogP contribution in [0.4, 0.5) is 0 Å². The molecule has 0 spiro atoms. The summed E-state index contributed by atoms with van der Waals surface area (Å²) in [4.78, 5) is 7.86. The van der Waals surface area contributed by atoms with Crippen LogP contribution in [0.5, 0.6) is 0 Å². The highest BCUT2D eigenvalue weighted by Gasteiger charge is 2.18. The Morgan fingerprint density at radius 3 is 2.64 bits per heavy atom. The normalized spacial score (nSPS) is 14.5. The minimum absolute atomic E-state index is 0.335. The maximum absolute atomic E-state index is 11.5. The van der Waals surface area contributed by atoms with Crippen LogP contribution in [-0.2, 0) is 11.0 Å². The summed E-state index contributed by atoms with van der Waals surface area (Å²) < 4.78 is 15.1. The van der Waals surface area contributed by atoms with E-state index in [2.05, 4.69) is 14.4 Å². The van der Waals surface area contributed by atoms with Crippen LogP contribution >= 0.6 is 0 Å². The number of rotatable bonds is 2. The summed E-state index contributed by atoms with van der Waals surface area (Å²) in [7, 11) is -1.24. The van der Waals surface area contributed by atoms with Crippen LogP contribution < -0.4 is 0 Å². The molecule has 0 aliphatic rings. The van der Waals surface area contributed by atoms with Crippen molar-refractivity contribution in [3.8, 4) is 0 Å². The molecule has 0 unspecified atom stereocenters. The van der Waals surface area contributed by atoms with Gasteiger partial charge in [-0.15, -0.1) is 0 Å². The Hall–Kier alpha value is -1.10. The van der Waals surface area contributed by atoms with Gasteiger partial charge in [-0.2, -0.15) is 4.40 Å². The molecule has 1 heterocycles. The average Bonchev–Trinajstić information content (AvgIpc) is 2.14. The van der Waals surface area contributed by atoms with Gasteiger partial charge in [-0.1, -0.05) is 0 Å². The van der Waals surface area contributed by atoms with E-state index in [1.54, 1.807) is 18.6 Å². The van der Waals surface area contributed by atoms with E-state index in [1.807, 2.05) is 20.8 Å². The molecule has 0 amide bonds. The fourth-order valence-corrected chi connectivity index (χ4v) is 1.16. The van der Waals surface area contributed by atoms with Gasteiger partial charge in [0.15, 0.2) is 0 Å². The molecule has 0 aliphatic heterocycles. The molecule has 0 saturated heterocycles. The molecule has 76 valence electrons. The Bertz CT molecular complexity index is 343. The molecule has 1 atom stereocenters. The molecule has 14 heavy (non-hydrogen) atoms. The highest BCUT2D eigenvalue weighted by atomic mass is 32.2. The van der Waals surface area contributed by atoms with E-state index in [4.69, 9.17) is 0 Å². The minimum atomic E-state index is -1.24. The van der Waals surface area contributed by atoms with Gasteiger partial charge in [0, 0.05) is 12.4 Å². The molecule has 1 aromatic heterocycles. The topological polar surface area (TPSA) is 55.2 Å². The summed E-state index contributed by atoms with van der Waals surface area (Å²) in [5.74, 6) is 0. The molecule has 5 heteroatoms. The highest BCUT2D eigenvalue weighted by molar-refractivity contribution is 7.85. The maximum atomic E-state index is 11.5. The Balaban J connectivity index is 2.71. The van der Waals surface area contributed by atoms with Crippen molar-refractivity contribution in [2.45, 2.75) is 25.5 Å². The Morgan fingerprint density at radius 1 is 1.43 bits per heavy atom. The monoisotopic (exact) mass is 211 g/mol. The molecule has 0 bridgehead atoms. The first-order valence-corrected chi connectivity index (χ1v) is 5.33. The predicted octanol–water partition coefficient (Wildman–Crippen LogP) is 1.36. The molecule has 0 radical (unpaired) electrons. The molecule has 0 aromatic carbocycles. The first kappa shape index (κ1) is 11.0. The fourth-order valence-electron chi connectivity index (χ4n) is 0.637. The van der Waals surface area contributed by atoms with Crippen molar-refractivity contribution in [1.29, 1.82) is 0 Å². The molecule has 4 nitrogen and oxygen atoms in total. The zero-order chi connectivity index (χ0) is 10.6. The molecular weight excluding hydrogens is 198 g/mol. The van der Waals surface area contributed by atoms with E-state index in [0.29, 0.717) is 5.69 Å². The largest absolute Gasteiger partial charge is 0.261 e. The van der Waals surface area contributed by atoms with Crippen molar-refractivity contribution in [2.75, 3.05) is 0 Å². The zero-order valence-corrected chi connectivity index (χ0v) is 9.28. The van der Waals surface area contributed by atoms with E-state index >= 15 is 0 Å². The third-order valence-corrected chi connectivity index (χ3v) is 2.73. The highest BCUT2D eigenvalue weighted by Crippen LogP contribution is 2.11. The van der Waals surface area contributed by atoms with Gasteiger partial charge in [-0.05, 0) is 20.8 Å². The molecule has 0 saturated carbocycles. The SMILES string of the molecule is CC(C)(C)[S@@](=O)N=Cc1cnccn1. The van der Waals surface area contributed by atoms with Gasteiger partial charge in [-0.3, -0.25) is 9.97 Å². The number of hydrogen-bond acceptors (Lipinski definition) is 3. The van der Waals surface area contributed by atoms with E-state index in [-0.39, 0.29) is 4.75 Å².